The van der Waals surface area contributed by atoms with Crippen LogP contribution in [0.15, 0.2) is 28.8 Å². The van der Waals surface area contributed by atoms with Gasteiger partial charge in [0.15, 0.2) is 5.82 Å². The standard InChI is InChI=1S/C24H36N4O3/c1-29-17-11-23-25-24(31-26-23)19-27-12-5-16-30-22-8-4-6-20(18-22)9-10-21-7-2-3-13-28(21)15-14-27/h4,6,8,18,21H,2-3,5,7,9-17,19H2,1H3. The first-order chi connectivity index (χ1) is 15.3. The van der Waals surface area contributed by atoms with E-state index in [0.29, 0.717) is 31.5 Å². The Labute approximate surface area is 185 Å². The number of methoxy groups -OCH3 is 1. The summed E-state index contributed by atoms with van der Waals surface area (Å²) >= 11 is 0. The van der Waals surface area contributed by atoms with Crippen molar-refractivity contribution in [2.24, 2.45) is 0 Å². The molecular formula is C24H36N4O3. The number of benzene rings is 1. The van der Waals surface area contributed by atoms with Crippen LogP contribution in [0.5, 0.6) is 5.75 Å². The van der Waals surface area contributed by atoms with E-state index in [4.69, 9.17) is 14.0 Å². The van der Waals surface area contributed by atoms with Crippen LogP contribution in [0.25, 0.3) is 0 Å². The molecule has 1 fully saturated rings. The number of fused-ring (bicyclic) bond motifs is 3. The number of rotatable bonds is 5. The maximum absolute atomic E-state index is 6.04. The van der Waals surface area contributed by atoms with E-state index in [1.54, 1.807) is 7.11 Å². The third kappa shape index (κ3) is 6.76. The Morgan fingerprint density at radius 3 is 3.00 bits per heavy atom. The second-order valence-corrected chi connectivity index (χ2v) is 8.70. The fraction of sp³-hybridized carbons (Fsp3) is 0.667. The fourth-order valence-electron chi connectivity index (χ4n) is 4.66. The Bertz CT molecular complexity index is 797. The number of hydrogen-bond acceptors (Lipinski definition) is 7. The third-order valence-corrected chi connectivity index (χ3v) is 6.40. The molecule has 2 aliphatic rings. The maximum atomic E-state index is 6.04. The summed E-state index contributed by atoms with van der Waals surface area (Å²) in [5.74, 6) is 2.40. The molecule has 0 aliphatic carbocycles. The van der Waals surface area contributed by atoms with Crippen molar-refractivity contribution in [1.29, 1.82) is 0 Å². The molecule has 170 valence electrons. The van der Waals surface area contributed by atoms with Crippen LogP contribution in [0.4, 0.5) is 0 Å². The summed E-state index contributed by atoms with van der Waals surface area (Å²) in [5, 5.41) is 4.10. The zero-order valence-corrected chi connectivity index (χ0v) is 18.8. The number of ether oxygens (including phenoxy) is 2. The van der Waals surface area contributed by atoms with E-state index in [9.17, 15) is 0 Å². The lowest BCUT2D eigenvalue weighted by Crippen LogP contribution is -2.44. The first kappa shape index (κ1) is 22.2. The molecule has 7 heteroatoms. The van der Waals surface area contributed by atoms with Gasteiger partial charge in [-0.2, -0.15) is 4.98 Å². The lowest BCUT2D eigenvalue weighted by atomic mass is 9.95. The molecular weight excluding hydrogens is 392 g/mol. The van der Waals surface area contributed by atoms with E-state index >= 15 is 0 Å². The van der Waals surface area contributed by atoms with Gasteiger partial charge in [0.1, 0.15) is 5.75 Å². The smallest absolute Gasteiger partial charge is 0.240 e. The van der Waals surface area contributed by atoms with E-state index in [1.807, 2.05) is 0 Å². The molecule has 1 aromatic carbocycles. The Morgan fingerprint density at radius 2 is 2.06 bits per heavy atom. The average molecular weight is 429 g/mol. The molecule has 2 aromatic rings. The second-order valence-electron chi connectivity index (χ2n) is 8.70. The minimum absolute atomic E-state index is 0.609. The second kappa shape index (κ2) is 11.6. The summed E-state index contributed by atoms with van der Waals surface area (Å²) in [6.07, 6.45) is 7.96. The summed E-state index contributed by atoms with van der Waals surface area (Å²) in [6.45, 7) is 6.28. The molecule has 0 radical (unpaired) electrons. The van der Waals surface area contributed by atoms with Crippen molar-refractivity contribution in [3.8, 4) is 5.75 Å². The van der Waals surface area contributed by atoms with Gasteiger partial charge in [0.25, 0.3) is 0 Å². The molecule has 0 saturated carbocycles. The molecule has 31 heavy (non-hydrogen) atoms. The van der Waals surface area contributed by atoms with Crippen LogP contribution in [0, 0.1) is 0 Å². The predicted octanol–water partition coefficient (Wildman–Crippen LogP) is 3.33. The van der Waals surface area contributed by atoms with Gasteiger partial charge in [0.05, 0.1) is 19.8 Å². The largest absolute Gasteiger partial charge is 0.494 e. The molecule has 3 heterocycles. The molecule has 4 rings (SSSR count). The molecule has 0 amide bonds. The molecule has 1 atom stereocenters. The van der Waals surface area contributed by atoms with Crippen LogP contribution in [-0.4, -0.2) is 72.5 Å². The highest BCUT2D eigenvalue weighted by molar-refractivity contribution is 5.28. The SMILES string of the molecule is COCCc1noc(CN2CCCOc3cccc(c3)CCC3CCCCN3CC2)n1. The summed E-state index contributed by atoms with van der Waals surface area (Å²) in [4.78, 5) is 9.70. The number of piperidine rings is 1. The Kier molecular flexibility index (Phi) is 8.32. The van der Waals surface area contributed by atoms with E-state index in [-0.39, 0.29) is 0 Å². The van der Waals surface area contributed by atoms with Gasteiger partial charge in [-0.15, -0.1) is 0 Å². The molecule has 2 bridgehead atoms. The molecule has 1 aromatic heterocycles. The van der Waals surface area contributed by atoms with Crippen LogP contribution in [0.3, 0.4) is 0 Å². The van der Waals surface area contributed by atoms with Crippen molar-refractivity contribution in [3.63, 3.8) is 0 Å². The van der Waals surface area contributed by atoms with Crippen molar-refractivity contribution >= 4 is 0 Å². The highest BCUT2D eigenvalue weighted by atomic mass is 16.5. The van der Waals surface area contributed by atoms with Crippen molar-refractivity contribution in [1.82, 2.24) is 19.9 Å². The quantitative estimate of drug-likeness (QED) is 0.724. The maximum Gasteiger partial charge on any atom is 0.240 e. The van der Waals surface area contributed by atoms with Gasteiger partial charge in [-0.3, -0.25) is 9.80 Å². The zero-order chi connectivity index (χ0) is 21.3. The normalized spacial score (nSPS) is 21.8. The van der Waals surface area contributed by atoms with Gasteiger partial charge < -0.3 is 14.0 Å². The minimum Gasteiger partial charge on any atom is -0.494 e. The van der Waals surface area contributed by atoms with Crippen molar-refractivity contribution in [2.45, 2.75) is 57.5 Å². The van der Waals surface area contributed by atoms with Crippen LogP contribution in [0.2, 0.25) is 0 Å². The van der Waals surface area contributed by atoms with Crippen LogP contribution >= 0.6 is 0 Å². The van der Waals surface area contributed by atoms with Gasteiger partial charge in [0, 0.05) is 39.2 Å². The van der Waals surface area contributed by atoms with Crippen molar-refractivity contribution < 1.29 is 14.0 Å². The lowest BCUT2D eigenvalue weighted by Gasteiger charge is -2.37. The number of hydrogen-bond donors (Lipinski definition) is 0. The average Bonchev–Trinajstić information content (AvgIpc) is 3.25. The number of nitrogens with zero attached hydrogens (tertiary/aromatic N) is 4. The first-order valence-corrected chi connectivity index (χ1v) is 11.8. The molecule has 7 nitrogen and oxygen atoms in total. The topological polar surface area (TPSA) is 63.9 Å². The summed E-state index contributed by atoms with van der Waals surface area (Å²) in [5.41, 5.74) is 1.39. The molecule has 0 spiro atoms. The molecule has 0 N–H and O–H groups in total. The van der Waals surface area contributed by atoms with E-state index in [0.717, 1.165) is 50.7 Å². The lowest BCUT2D eigenvalue weighted by molar-refractivity contribution is 0.110. The van der Waals surface area contributed by atoms with Gasteiger partial charge in [-0.05, 0) is 56.3 Å². The van der Waals surface area contributed by atoms with Crippen molar-refractivity contribution in [2.75, 3.05) is 46.5 Å². The fourth-order valence-corrected chi connectivity index (χ4v) is 4.66. The van der Waals surface area contributed by atoms with E-state index < -0.39 is 0 Å². The monoisotopic (exact) mass is 428 g/mol. The minimum atomic E-state index is 0.609. The van der Waals surface area contributed by atoms with Crippen molar-refractivity contribution in [3.05, 3.63) is 41.5 Å². The summed E-state index contributed by atoms with van der Waals surface area (Å²) in [7, 11) is 1.69. The zero-order valence-electron chi connectivity index (χ0n) is 18.8. The Hall–Kier alpha value is -1.96. The highest BCUT2D eigenvalue weighted by Crippen LogP contribution is 2.23. The van der Waals surface area contributed by atoms with Gasteiger partial charge in [0.2, 0.25) is 5.89 Å². The number of aromatic nitrogens is 2. The molecule has 1 unspecified atom stereocenters. The first-order valence-electron chi connectivity index (χ1n) is 11.8. The summed E-state index contributed by atoms with van der Waals surface area (Å²) < 4.78 is 16.7. The number of aryl methyl sites for hydroxylation is 1. The van der Waals surface area contributed by atoms with Crippen LogP contribution in [0.1, 0.15) is 49.4 Å². The predicted molar refractivity (Wildman–Crippen MR) is 119 cm³/mol. The van der Waals surface area contributed by atoms with E-state index in [2.05, 4.69) is 44.2 Å². The Balaban J connectivity index is 1.42. The van der Waals surface area contributed by atoms with E-state index in [1.165, 1.54) is 37.8 Å². The molecule has 1 saturated heterocycles. The third-order valence-electron chi connectivity index (χ3n) is 6.40. The van der Waals surface area contributed by atoms with Crippen LogP contribution < -0.4 is 4.74 Å². The van der Waals surface area contributed by atoms with Gasteiger partial charge in [-0.1, -0.05) is 23.7 Å². The van der Waals surface area contributed by atoms with Gasteiger partial charge in [-0.25, -0.2) is 0 Å². The Morgan fingerprint density at radius 1 is 1.10 bits per heavy atom. The summed E-state index contributed by atoms with van der Waals surface area (Å²) in [6, 6.07) is 9.32. The molecule has 2 aliphatic heterocycles. The highest BCUT2D eigenvalue weighted by Gasteiger charge is 2.23. The van der Waals surface area contributed by atoms with Crippen LogP contribution in [-0.2, 0) is 24.1 Å². The van der Waals surface area contributed by atoms with Gasteiger partial charge >= 0.3 is 0 Å².